The number of anilines is 1. The predicted octanol–water partition coefficient (Wildman–Crippen LogP) is 6.38. The highest BCUT2D eigenvalue weighted by Gasteiger charge is 2.28. The molecule has 0 unspecified atom stereocenters. The van der Waals surface area contributed by atoms with Crippen LogP contribution in [0.1, 0.15) is 24.1 Å². The summed E-state index contributed by atoms with van der Waals surface area (Å²) in [4.78, 5) is 37.5. The van der Waals surface area contributed by atoms with Gasteiger partial charge in [0.2, 0.25) is 0 Å². The Bertz CT molecular complexity index is 2060. The van der Waals surface area contributed by atoms with Crippen LogP contribution >= 0.6 is 11.6 Å². The first-order chi connectivity index (χ1) is 22.6. The fourth-order valence-electron chi connectivity index (χ4n) is 5.33. The van der Waals surface area contributed by atoms with Gasteiger partial charge in [0.05, 0.1) is 29.3 Å². The maximum atomic E-state index is 16.2. The van der Waals surface area contributed by atoms with Gasteiger partial charge in [-0.1, -0.05) is 35.9 Å². The van der Waals surface area contributed by atoms with Crippen LogP contribution in [0.15, 0.2) is 48.4 Å². The van der Waals surface area contributed by atoms with Crippen LogP contribution in [-0.2, 0) is 4.79 Å². The molecule has 0 spiro atoms. The Balaban J connectivity index is 0.00000139. The summed E-state index contributed by atoms with van der Waals surface area (Å²) in [6.07, 6.45) is 2.54. The SMILES string of the molecule is CC#N.COc1nc(N2CCN(C(=O)/C(F)=C/c3cc(C)nc(C)n3)CC2)c2cnc(-c3cccc4ccc(F)c(Cl)c34)c(F)c2n1. The number of aryl methyl sites for hydroxylation is 2. The molecule has 0 N–H and O–H groups in total. The maximum absolute atomic E-state index is 16.2. The summed E-state index contributed by atoms with van der Waals surface area (Å²) in [5, 5.41) is 8.44. The van der Waals surface area contributed by atoms with Crippen LogP contribution in [0.5, 0.6) is 6.01 Å². The Morgan fingerprint density at radius 1 is 1.06 bits per heavy atom. The van der Waals surface area contributed by atoms with Gasteiger partial charge in [0.25, 0.3) is 5.91 Å². The molecule has 1 fully saturated rings. The van der Waals surface area contributed by atoms with Crippen molar-refractivity contribution in [1.29, 1.82) is 5.26 Å². The van der Waals surface area contributed by atoms with Gasteiger partial charge in [0.15, 0.2) is 11.6 Å². The van der Waals surface area contributed by atoms with Gasteiger partial charge in [0, 0.05) is 62.0 Å². The summed E-state index contributed by atoms with van der Waals surface area (Å²) in [7, 11) is 1.37. The van der Waals surface area contributed by atoms with Crippen molar-refractivity contribution >= 4 is 51.1 Å². The van der Waals surface area contributed by atoms with Crippen molar-refractivity contribution < 1.29 is 22.7 Å². The zero-order valence-corrected chi connectivity index (χ0v) is 26.6. The summed E-state index contributed by atoms with van der Waals surface area (Å²) in [5.41, 5.74) is 1.17. The van der Waals surface area contributed by atoms with Crippen LogP contribution in [0.4, 0.5) is 19.0 Å². The van der Waals surface area contributed by atoms with Crippen LogP contribution in [-0.4, -0.2) is 69.0 Å². The molecule has 1 saturated heterocycles. The second-order valence-electron chi connectivity index (χ2n) is 10.5. The highest BCUT2D eigenvalue weighted by molar-refractivity contribution is 6.36. The van der Waals surface area contributed by atoms with E-state index in [-0.39, 0.29) is 48.4 Å². The van der Waals surface area contributed by atoms with E-state index in [2.05, 4.69) is 24.9 Å². The van der Waals surface area contributed by atoms with Gasteiger partial charge in [-0.3, -0.25) is 9.78 Å². The van der Waals surface area contributed by atoms with E-state index in [9.17, 15) is 13.6 Å². The predicted molar refractivity (Wildman–Crippen MR) is 172 cm³/mol. The number of rotatable bonds is 5. The highest BCUT2D eigenvalue weighted by Crippen LogP contribution is 2.38. The van der Waals surface area contributed by atoms with Crippen molar-refractivity contribution in [3.63, 3.8) is 0 Å². The Hall–Kier alpha value is -5.35. The molecule has 0 atom stereocenters. The summed E-state index contributed by atoms with van der Waals surface area (Å²) in [6.45, 7) is 5.81. The monoisotopic (exact) mass is 660 g/mol. The number of halogens is 4. The van der Waals surface area contributed by atoms with Gasteiger partial charge in [-0.2, -0.15) is 15.2 Å². The number of carbonyl (C=O) groups excluding carboxylic acids is 1. The molecule has 5 aromatic rings. The van der Waals surface area contributed by atoms with Gasteiger partial charge in [-0.05, 0) is 31.4 Å². The lowest BCUT2D eigenvalue weighted by molar-refractivity contribution is -0.128. The molecule has 0 bridgehead atoms. The van der Waals surface area contributed by atoms with Crippen molar-refractivity contribution in [1.82, 2.24) is 29.8 Å². The fraction of sp³-hybridized carbons (Fsp3) is 0.242. The first kappa shape index (κ1) is 33.0. The number of hydrogen-bond donors (Lipinski definition) is 0. The average Bonchev–Trinajstić information content (AvgIpc) is 3.05. The highest BCUT2D eigenvalue weighted by atomic mass is 35.5. The van der Waals surface area contributed by atoms with Crippen LogP contribution in [0.2, 0.25) is 5.02 Å². The molecule has 14 heteroatoms. The smallest absolute Gasteiger partial charge is 0.318 e. The zero-order chi connectivity index (χ0) is 33.8. The van der Waals surface area contributed by atoms with Crippen molar-refractivity contribution in [3.8, 4) is 23.3 Å². The van der Waals surface area contributed by atoms with Crippen LogP contribution in [0.25, 0.3) is 39.0 Å². The number of fused-ring (bicyclic) bond motifs is 2. The number of ether oxygens (including phenoxy) is 1. The number of benzene rings is 2. The number of piperazine rings is 1. The number of methoxy groups -OCH3 is 1. The molecule has 4 heterocycles. The number of aromatic nitrogens is 5. The number of pyridine rings is 1. The van der Waals surface area contributed by atoms with E-state index in [4.69, 9.17) is 21.6 Å². The summed E-state index contributed by atoms with van der Waals surface area (Å²) < 4.78 is 50.7. The van der Waals surface area contributed by atoms with E-state index < -0.39 is 23.4 Å². The summed E-state index contributed by atoms with van der Waals surface area (Å²) >= 11 is 6.29. The molecule has 3 aromatic heterocycles. The van der Waals surface area contributed by atoms with E-state index in [0.29, 0.717) is 44.8 Å². The fourth-order valence-corrected chi connectivity index (χ4v) is 5.61. The molecule has 1 aliphatic heterocycles. The van der Waals surface area contributed by atoms with E-state index in [1.165, 1.54) is 31.2 Å². The first-order valence-electron chi connectivity index (χ1n) is 14.4. The largest absolute Gasteiger partial charge is 0.467 e. The minimum Gasteiger partial charge on any atom is -0.467 e. The van der Waals surface area contributed by atoms with E-state index >= 15 is 4.39 Å². The summed E-state index contributed by atoms with van der Waals surface area (Å²) in [6, 6.07) is 11.1. The van der Waals surface area contributed by atoms with Gasteiger partial charge in [0.1, 0.15) is 28.7 Å². The van der Waals surface area contributed by atoms with E-state index in [1.54, 1.807) is 50.2 Å². The minimum atomic E-state index is -0.933. The Labute approximate surface area is 273 Å². The Kier molecular flexibility index (Phi) is 9.81. The molecular formula is C33H28ClF3N8O2. The molecule has 0 aliphatic carbocycles. The summed E-state index contributed by atoms with van der Waals surface area (Å²) in [5.74, 6) is -2.25. The molecule has 6 rings (SSSR count). The molecule has 0 saturated carbocycles. The number of amides is 1. The standard InChI is InChI=1S/C31H25ClF3N7O2.C2H3N/c1-16-13-19(38-17(2)37-16)14-23(34)30(43)42-11-9-41(10-12-42)29-21-15-36-27(26(35)28(21)39-31(40-29)44-3)20-6-4-5-18-7-8-22(33)25(32)24(18)20;1-2-3/h4-8,13-15H,9-12H2,1-3H3;1H3/b23-14-;. The molecule has 240 valence electrons. The number of carbonyl (C=O) groups is 1. The average molecular weight is 661 g/mol. The third-order valence-electron chi connectivity index (χ3n) is 7.35. The molecule has 10 nitrogen and oxygen atoms in total. The molecule has 1 amide bonds. The molecular weight excluding hydrogens is 633 g/mol. The van der Waals surface area contributed by atoms with Crippen molar-refractivity contribution in [2.24, 2.45) is 0 Å². The lowest BCUT2D eigenvalue weighted by Gasteiger charge is -2.35. The van der Waals surface area contributed by atoms with Gasteiger partial charge < -0.3 is 14.5 Å². The lowest BCUT2D eigenvalue weighted by atomic mass is 10.0. The van der Waals surface area contributed by atoms with Crippen molar-refractivity contribution in [3.05, 3.63) is 82.3 Å². The maximum Gasteiger partial charge on any atom is 0.318 e. The zero-order valence-electron chi connectivity index (χ0n) is 25.9. The number of hydrogen-bond acceptors (Lipinski definition) is 9. The number of nitrogens with zero attached hydrogens (tertiary/aromatic N) is 8. The third-order valence-corrected chi connectivity index (χ3v) is 7.72. The van der Waals surface area contributed by atoms with Crippen LogP contribution in [0, 0.1) is 36.8 Å². The molecule has 2 aromatic carbocycles. The molecule has 47 heavy (non-hydrogen) atoms. The first-order valence-corrected chi connectivity index (χ1v) is 14.8. The minimum absolute atomic E-state index is 0.0516. The topological polar surface area (TPSA) is 121 Å². The van der Waals surface area contributed by atoms with Crippen molar-refractivity contribution in [2.45, 2.75) is 20.8 Å². The van der Waals surface area contributed by atoms with Crippen LogP contribution < -0.4 is 9.64 Å². The quantitative estimate of drug-likeness (QED) is 0.198. The second-order valence-corrected chi connectivity index (χ2v) is 10.8. The van der Waals surface area contributed by atoms with Gasteiger partial charge in [-0.15, -0.1) is 0 Å². The van der Waals surface area contributed by atoms with E-state index in [0.717, 1.165) is 6.08 Å². The van der Waals surface area contributed by atoms with Gasteiger partial charge >= 0.3 is 6.01 Å². The normalized spacial score (nSPS) is 13.3. The Morgan fingerprint density at radius 3 is 2.47 bits per heavy atom. The Morgan fingerprint density at radius 2 is 1.79 bits per heavy atom. The van der Waals surface area contributed by atoms with Crippen molar-refractivity contribution in [2.75, 3.05) is 38.2 Å². The lowest BCUT2D eigenvalue weighted by Crippen LogP contribution is -2.49. The number of nitriles is 1. The van der Waals surface area contributed by atoms with Crippen LogP contribution in [0.3, 0.4) is 0 Å². The third kappa shape index (κ3) is 6.78. The van der Waals surface area contributed by atoms with Gasteiger partial charge in [-0.25, -0.2) is 23.1 Å². The molecule has 1 aliphatic rings. The second kappa shape index (κ2) is 14.0. The van der Waals surface area contributed by atoms with E-state index in [1.807, 2.05) is 4.90 Å². The molecule has 0 radical (unpaired) electrons.